The molecule has 0 saturated carbocycles. The van der Waals surface area contributed by atoms with E-state index in [-0.39, 0.29) is 5.57 Å². The van der Waals surface area contributed by atoms with E-state index in [2.05, 4.69) is 5.10 Å². The normalized spacial score (nSPS) is 10.9. The molecule has 0 unspecified atom stereocenters. The molecule has 0 radical (unpaired) electrons. The average molecular weight is 239 g/mol. The van der Waals surface area contributed by atoms with E-state index < -0.39 is 5.97 Å². The Morgan fingerprint density at radius 2 is 2.11 bits per heavy atom. The van der Waals surface area contributed by atoms with Crippen LogP contribution in [0.2, 0.25) is 0 Å². The third kappa shape index (κ3) is 2.44. The van der Waals surface area contributed by atoms with Crippen molar-refractivity contribution in [2.45, 2.75) is 0 Å². The molecule has 2 aromatic rings. The Labute approximate surface area is 103 Å². The Morgan fingerprint density at radius 3 is 2.72 bits per heavy atom. The molecule has 5 heteroatoms. The molecular weight excluding hydrogens is 230 g/mol. The molecule has 1 heterocycles. The summed E-state index contributed by atoms with van der Waals surface area (Å²) in [5.74, 6) is -1.25. The molecule has 0 saturated heterocycles. The fourth-order valence-corrected chi connectivity index (χ4v) is 1.44. The van der Waals surface area contributed by atoms with Gasteiger partial charge in [0, 0.05) is 11.8 Å². The number of aliphatic carboxylic acids is 1. The Kier molecular flexibility index (Phi) is 3.21. The van der Waals surface area contributed by atoms with Crippen LogP contribution in [0.5, 0.6) is 0 Å². The highest BCUT2D eigenvalue weighted by Crippen LogP contribution is 2.10. The summed E-state index contributed by atoms with van der Waals surface area (Å²) in [6.45, 7) is 0. The van der Waals surface area contributed by atoms with E-state index >= 15 is 0 Å². The van der Waals surface area contributed by atoms with Gasteiger partial charge in [-0.25, -0.2) is 9.48 Å². The van der Waals surface area contributed by atoms with Gasteiger partial charge >= 0.3 is 5.97 Å². The second kappa shape index (κ2) is 4.97. The first-order chi connectivity index (χ1) is 8.70. The van der Waals surface area contributed by atoms with Gasteiger partial charge in [-0.15, -0.1) is 0 Å². The van der Waals surface area contributed by atoms with Crippen molar-refractivity contribution in [3.63, 3.8) is 0 Å². The fourth-order valence-electron chi connectivity index (χ4n) is 1.44. The van der Waals surface area contributed by atoms with Crippen LogP contribution in [0.4, 0.5) is 0 Å². The van der Waals surface area contributed by atoms with E-state index in [9.17, 15) is 4.79 Å². The lowest BCUT2D eigenvalue weighted by molar-refractivity contribution is -0.132. The molecule has 0 aliphatic rings. The smallest absolute Gasteiger partial charge is 0.346 e. The van der Waals surface area contributed by atoms with Crippen molar-refractivity contribution >= 4 is 12.0 Å². The topological polar surface area (TPSA) is 78.9 Å². The number of carboxylic acid groups (broad SMARTS) is 1. The second-order valence-electron chi connectivity index (χ2n) is 3.53. The van der Waals surface area contributed by atoms with Crippen LogP contribution in [-0.4, -0.2) is 20.9 Å². The summed E-state index contributed by atoms with van der Waals surface area (Å²) >= 11 is 0. The SMILES string of the molecule is N#C/C(=C/c1cnn(-c2ccccc2)c1)C(=O)O. The quantitative estimate of drug-likeness (QED) is 0.655. The van der Waals surface area contributed by atoms with Gasteiger partial charge in [-0.05, 0) is 18.2 Å². The summed E-state index contributed by atoms with van der Waals surface area (Å²) in [4.78, 5) is 10.7. The van der Waals surface area contributed by atoms with Gasteiger partial charge in [0.25, 0.3) is 0 Å². The Balaban J connectivity index is 2.33. The number of hydrogen-bond donors (Lipinski definition) is 1. The van der Waals surface area contributed by atoms with Crippen molar-refractivity contribution in [3.8, 4) is 11.8 Å². The maximum absolute atomic E-state index is 10.7. The first-order valence-electron chi connectivity index (χ1n) is 5.16. The van der Waals surface area contributed by atoms with Crippen LogP contribution in [0, 0.1) is 11.3 Å². The molecule has 0 aliphatic heterocycles. The second-order valence-corrected chi connectivity index (χ2v) is 3.53. The van der Waals surface area contributed by atoms with Crippen molar-refractivity contribution in [2.24, 2.45) is 0 Å². The Bertz CT molecular complexity index is 636. The number of para-hydroxylation sites is 1. The number of aromatic nitrogens is 2. The van der Waals surface area contributed by atoms with Gasteiger partial charge < -0.3 is 5.11 Å². The van der Waals surface area contributed by atoms with Crippen LogP contribution in [0.1, 0.15) is 5.56 Å². The van der Waals surface area contributed by atoms with E-state index in [4.69, 9.17) is 10.4 Å². The summed E-state index contributed by atoms with van der Waals surface area (Å²) in [5.41, 5.74) is 1.12. The van der Waals surface area contributed by atoms with E-state index in [1.54, 1.807) is 16.9 Å². The van der Waals surface area contributed by atoms with E-state index in [1.165, 1.54) is 12.3 Å². The van der Waals surface area contributed by atoms with Crippen LogP contribution < -0.4 is 0 Å². The highest BCUT2D eigenvalue weighted by Gasteiger charge is 2.06. The molecule has 2 rings (SSSR count). The molecule has 1 N–H and O–H groups in total. The number of nitrogens with zero attached hydrogens (tertiary/aromatic N) is 3. The number of carbonyl (C=O) groups is 1. The molecule has 18 heavy (non-hydrogen) atoms. The molecule has 88 valence electrons. The molecule has 1 aromatic heterocycles. The molecule has 1 aromatic carbocycles. The molecule has 5 nitrogen and oxygen atoms in total. The summed E-state index contributed by atoms with van der Waals surface area (Å²) in [6, 6.07) is 11.0. The highest BCUT2D eigenvalue weighted by molar-refractivity contribution is 5.96. The van der Waals surface area contributed by atoms with E-state index in [0.717, 1.165) is 5.69 Å². The first-order valence-corrected chi connectivity index (χ1v) is 5.16. The largest absolute Gasteiger partial charge is 0.477 e. The van der Waals surface area contributed by atoms with Gasteiger partial charge in [-0.1, -0.05) is 18.2 Å². The summed E-state index contributed by atoms with van der Waals surface area (Å²) in [6.07, 6.45) is 4.46. The standard InChI is InChI=1S/C13H9N3O2/c14-7-11(13(17)18)6-10-8-15-16(9-10)12-4-2-1-3-5-12/h1-6,8-9H,(H,17,18)/b11-6-. The number of carboxylic acids is 1. The van der Waals surface area contributed by atoms with Gasteiger partial charge in [-0.3, -0.25) is 0 Å². The lowest BCUT2D eigenvalue weighted by atomic mass is 10.2. The molecular formula is C13H9N3O2. The Morgan fingerprint density at radius 1 is 1.39 bits per heavy atom. The van der Waals surface area contributed by atoms with Crippen molar-refractivity contribution in [1.82, 2.24) is 9.78 Å². The third-order valence-electron chi connectivity index (χ3n) is 2.29. The van der Waals surface area contributed by atoms with Crippen molar-refractivity contribution < 1.29 is 9.90 Å². The minimum absolute atomic E-state index is 0.317. The predicted molar refractivity (Wildman–Crippen MR) is 64.8 cm³/mol. The Hall–Kier alpha value is -2.87. The van der Waals surface area contributed by atoms with Crippen LogP contribution in [0.25, 0.3) is 11.8 Å². The fraction of sp³-hybridized carbons (Fsp3) is 0. The number of benzene rings is 1. The first kappa shape index (κ1) is 11.6. The van der Waals surface area contributed by atoms with E-state index in [1.807, 2.05) is 30.3 Å². The zero-order chi connectivity index (χ0) is 13.0. The zero-order valence-electron chi connectivity index (χ0n) is 9.32. The third-order valence-corrected chi connectivity index (χ3v) is 2.29. The predicted octanol–water partition coefficient (Wildman–Crippen LogP) is 1.86. The average Bonchev–Trinajstić information content (AvgIpc) is 2.85. The number of rotatable bonds is 3. The minimum Gasteiger partial charge on any atom is -0.477 e. The van der Waals surface area contributed by atoms with Gasteiger partial charge in [0.2, 0.25) is 0 Å². The van der Waals surface area contributed by atoms with Gasteiger partial charge in [-0.2, -0.15) is 10.4 Å². The summed E-state index contributed by atoms with van der Waals surface area (Å²) in [5, 5.41) is 21.5. The molecule has 0 spiro atoms. The van der Waals surface area contributed by atoms with Crippen LogP contribution in [0.3, 0.4) is 0 Å². The minimum atomic E-state index is -1.25. The van der Waals surface area contributed by atoms with E-state index in [0.29, 0.717) is 5.56 Å². The zero-order valence-corrected chi connectivity index (χ0v) is 9.32. The molecule has 0 aliphatic carbocycles. The molecule has 0 amide bonds. The van der Waals surface area contributed by atoms with Crippen molar-refractivity contribution in [1.29, 1.82) is 5.26 Å². The number of nitriles is 1. The van der Waals surface area contributed by atoms with Gasteiger partial charge in [0.05, 0.1) is 11.9 Å². The van der Waals surface area contributed by atoms with Crippen molar-refractivity contribution in [2.75, 3.05) is 0 Å². The summed E-state index contributed by atoms with van der Waals surface area (Å²) in [7, 11) is 0. The monoisotopic (exact) mass is 239 g/mol. The van der Waals surface area contributed by atoms with Crippen LogP contribution >= 0.6 is 0 Å². The number of hydrogen-bond acceptors (Lipinski definition) is 3. The maximum atomic E-state index is 10.7. The lowest BCUT2D eigenvalue weighted by Crippen LogP contribution is -1.97. The molecule has 0 bridgehead atoms. The van der Waals surface area contributed by atoms with Crippen LogP contribution in [0.15, 0.2) is 48.3 Å². The molecule has 0 fully saturated rings. The summed E-state index contributed by atoms with van der Waals surface area (Å²) < 4.78 is 1.61. The van der Waals surface area contributed by atoms with Crippen LogP contribution in [-0.2, 0) is 4.79 Å². The lowest BCUT2D eigenvalue weighted by Gasteiger charge is -1.98. The van der Waals surface area contributed by atoms with Gasteiger partial charge in [0.15, 0.2) is 0 Å². The van der Waals surface area contributed by atoms with Crippen molar-refractivity contribution in [3.05, 3.63) is 53.9 Å². The highest BCUT2D eigenvalue weighted by atomic mass is 16.4. The molecule has 0 atom stereocenters. The van der Waals surface area contributed by atoms with Gasteiger partial charge in [0.1, 0.15) is 11.6 Å². The maximum Gasteiger partial charge on any atom is 0.346 e.